The number of halogens is 2. The van der Waals surface area contributed by atoms with Crippen LogP contribution in [-0.4, -0.2) is 35.1 Å². The molecule has 30 heavy (non-hydrogen) atoms. The number of aromatic nitrogens is 2. The van der Waals surface area contributed by atoms with Crippen LogP contribution in [-0.2, 0) is 35.2 Å². The third-order valence-corrected chi connectivity index (χ3v) is 6.94. The Bertz CT molecular complexity index is 814. The second kappa shape index (κ2) is 12.1. The number of aromatic amines is 2. The molecule has 2 aromatic rings. The first-order chi connectivity index (χ1) is 14.4. The average molecular weight is 640 g/mol. The lowest BCUT2D eigenvalue weighted by Crippen LogP contribution is -2.08. The zero-order chi connectivity index (χ0) is 22.3. The Kier molecular flexibility index (Phi) is 10.2. The van der Waals surface area contributed by atoms with Gasteiger partial charge in [0, 0.05) is 0 Å². The molecular formula is C22H30I2N2O4. The van der Waals surface area contributed by atoms with Crippen molar-refractivity contribution in [3.8, 4) is 0 Å². The second-order valence-corrected chi connectivity index (χ2v) is 9.05. The SMILES string of the molecule is CCOC(=O)c1[nH]c(I)c(CCCCc2c(I)[nH]c(C(=O)OCC)c2CC)c1CC. The maximum Gasteiger partial charge on any atom is 0.355 e. The molecule has 0 spiro atoms. The summed E-state index contributed by atoms with van der Waals surface area (Å²) in [4.78, 5) is 30.9. The van der Waals surface area contributed by atoms with Crippen LogP contribution in [0.3, 0.4) is 0 Å². The third kappa shape index (κ3) is 5.80. The molecule has 6 nitrogen and oxygen atoms in total. The summed E-state index contributed by atoms with van der Waals surface area (Å²) in [6.07, 6.45) is 5.41. The molecule has 0 aliphatic rings. The Morgan fingerprint density at radius 2 is 1.07 bits per heavy atom. The molecular weight excluding hydrogens is 610 g/mol. The number of nitrogens with one attached hydrogen (secondary N) is 2. The zero-order valence-electron chi connectivity index (χ0n) is 18.0. The lowest BCUT2D eigenvalue weighted by Gasteiger charge is -2.07. The van der Waals surface area contributed by atoms with Crippen molar-refractivity contribution in [2.75, 3.05) is 13.2 Å². The van der Waals surface area contributed by atoms with Gasteiger partial charge < -0.3 is 19.4 Å². The van der Waals surface area contributed by atoms with Gasteiger partial charge in [0.1, 0.15) is 11.4 Å². The van der Waals surface area contributed by atoms with Gasteiger partial charge in [-0.1, -0.05) is 13.8 Å². The highest BCUT2D eigenvalue weighted by Crippen LogP contribution is 2.27. The number of hydrogen-bond acceptors (Lipinski definition) is 4. The Hall–Kier alpha value is -1.04. The maximum absolute atomic E-state index is 12.2. The lowest BCUT2D eigenvalue weighted by atomic mass is 9.99. The number of carbonyl (C=O) groups excluding carboxylic acids is 2. The summed E-state index contributed by atoms with van der Waals surface area (Å²) in [5, 5.41) is 0. The molecule has 2 heterocycles. The van der Waals surface area contributed by atoms with Crippen molar-refractivity contribution in [1.82, 2.24) is 9.97 Å². The molecule has 2 rings (SSSR count). The molecule has 0 saturated carbocycles. The predicted molar refractivity (Wildman–Crippen MR) is 134 cm³/mol. The van der Waals surface area contributed by atoms with E-state index in [1.54, 1.807) is 0 Å². The summed E-state index contributed by atoms with van der Waals surface area (Å²) in [6.45, 7) is 8.51. The monoisotopic (exact) mass is 640 g/mol. The summed E-state index contributed by atoms with van der Waals surface area (Å²) in [5.41, 5.74) is 5.74. The van der Waals surface area contributed by atoms with Crippen molar-refractivity contribution in [3.05, 3.63) is 41.0 Å². The predicted octanol–water partition coefficient (Wildman–Crippen LogP) is 5.60. The number of ether oxygens (including phenoxy) is 2. The first kappa shape index (κ1) is 25.2. The highest BCUT2D eigenvalue weighted by atomic mass is 127. The molecule has 0 aliphatic carbocycles. The summed E-state index contributed by atoms with van der Waals surface area (Å²) < 4.78 is 12.4. The van der Waals surface area contributed by atoms with E-state index in [2.05, 4.69) is 69.0 Å². The van der Waals surface area contributed by atoms with Crippen LogP contribution < -0.4 is 0 Å². The van der Waals surface area contributed by atoms with Gasteiger partial charge in [-0.2, -0.15) is 0 Å². The van der Waals surface area contributed by atoms with Crippen LogP contribution in [0.15, 0.2) is 0 Å². The van der Waals surface area contributed by atoms with E-state index in [0.717, 1.165) is 57.1 Å². The molecule has 0 atom stereocenters. The van der Waals surface area contributed by atoms with Crippen LogP contribution in [0.25, 0.3) is 0 Å². The normalized spacial score (nSPS) is 11.0. The fourth-order valence-electron chi connectivity index (χ4n) is 3.75. The van der Waals surface area contributed by atoms with E-state index >= 15 is 0 Å². The number of H-pyrrole nitrogens is 2. The van der Waals surface area contributed by atoms with Gasteiger partial charge in [-0.25, -0.2) is 9.59 Å². The fraction of sp³-hybridized carbons (Fsp3) is 0.545. The van der Waals surface area contributed by atoms with Crippen molar-refractivity contribution in [2.24, 2.45) is 0 Å². The molecule has 0 unspecified atom stereocenters. The Morgan fingerprint density at radius 1 is 0.700 bits per heavy atom. The summed E-state index contributed by atoms with van der Waals surface area (Å²) >= 11 is 4.54. The van der Waals surface area contributed by atoms with Crippen molar-refractivity contribution in [2.45, 2.75) is 66.2 Å². The van der Waals surface area contributed by atoms with E-state index in [1.165, 1.54) is 11.1 Å². The van der Waals surface area contributed by atoms with Gasteiger partial charge in [0.05, 0.1) is 20.6 Å². The number of hydrogen-bond donors (Lipinski definition) is 2. The Balaban J connectivity index is 2.07. The van der Waals surface area contributed by atoms with E-state index in [1.807, 2.05) is 13.8 Å². The highest BCUT2D eigenvalue weighted by molar-refractivity contribution is 14.1. The first-order valence-electron chi connectivity index (χ1n) is 10.5. The van der Waals surface area contributed by atoms with Crippen molar-refractivity contribution < 1.29 is 19.1 Å². The first-order valence-corrected chi connectivity index (χ1v) is 12.7. The number of rotatable bonds is 11. The van der Waals surface area contributed by atoms with Gasteiger partial charge in [-0.15, -0.1) is 0 Å². The van der Waals surface area contributed by atoms with Crippen LogP contribution in [0.5, 0.6) is 0 Å². The molecule has 0 radical (unpaired) electrons. The largest absolute Gasteiger partial charge is 0.461 e. The number of carbonyl (C=O) groups is 2. The second-order valence-electron chi connectivity index (χ2n) is 6.90. The Labute approximate surface area is 205 Å². The molecule has 2 N–H and O–H groups in total. The third-order valence-electron chi connectivity index (χ3n) is 5.10. The van der Waals surface area contributed by atoms with E-state index in [9.17, 15) is 9.59 Å². The molecule has 166 valence electrons. The van der Waals surface area contributed by atoms with E-state index in [0.29, 0.717) is 24.6 Å². The van der Waals surface area contributed by atoms with Crippen molar-refractivity contribution in [3.63, 3.8) is 0 Å². The zero-order valence-corrected chi connectivity index (χ0v) is 22.4. The van der Waals surface area contributed by atoms with Gasteiger partial charge >= 0.3 is 11.9 Å². The highest BCUT2D eigenvalue weighted by Gasteiger charge is 2.22. The fourth-order valence-corrected chi connectivity index (χ4v) is 5.48. The molecule has 0 aromatic carbocycles. The minimum absolute atomic E-state index is 0.278. The molecule has 0 fully saturated rings. The van der Waals surface area contributed by atoms with E-state index in [4.69, 9.17) is 9.47 Å². The summed E-state index contributed by atoms with van der Waals surface area (Å²) in [6, 6.07) is 0. The lowest BCUT2D eigenvalue weighted by molar-refractivity contribution is 0.0509. The minimum Gasteiger partial charge on any atom is -0.461 e. The molecule has 0 saturated heterocycles. The molecule has 0 amide bonds. The standard InChI is InChI=1S/C22H30I2N2O4/c1-5-13-15(19(23)25-17(13)21(27)29-7-3)11-9-10-12-16-14(6-2)18(26-20(16)24)22(28)30-8-4/h25-26H,5-12H2,1-4H3. The summed E-state index contributed by atoms with van der Waals surface area (Å²) in [5.74, 6) is -0.557. The van der Waals surface area contributed by atoms with E-state index < -0.39 is 0 Å². The van der Waals surface area contributed by atoms with Gasteiger partial charge in [0.25, 0.3) is 0 Å². The molecule has 0 aliphatic heterocycles. The van der Waals surface area contributed by atoms with Crippen LogP contribution in [0.2, 0.25) is 0 Å². The van der Waals surface area contributed by atoms with E-state index in [-0.39, 0.29) is 11.9 Å². The van der Waals surface area contributed by atoms with Crippen LogP contribution in [0.1, 0.15) is 83.8 Å². The van der Waals surface area contributed by atoms with Crippen LogP contribution >= 0.6 is 45.2 Å². The number of unbranched alkanes of at least 4 members (excludes halogenated alkanes) is 1. The number of esters is 2. The minimum atomic E-state index is -0.278. The van der Waals surface area contributed by atoms with Gasteiger partial charge in [0.15, 0.2) is 0 Å². The maximum atomic E-state index is 12.2. The molecule has 0 bridgehead atoms. The smallest absolute Gasteiger partial charge is 0.355 e. The van der Waals surface area contributed by atoms with Crippen LogP contribution in [0, 0.1) is 7.40 Å². The van der Waals surface area contributed by atoms with Gasteiger partial charge in [0.2, 0.25) is 0 Å². The topological polar surface area (TPSA) is 84.2 Å². The molecule has 2 aromatic heterocycles. The van der Waals surface area contributed by atoms with Gasteiger partial charge in [-0.05, 0) is 120 Å². The average Bonchev–Trinajstić information content (AvgIpc) is 3.21. The van der Waals surface area contributed by atoms with Crippen molar-refractivity contribution >= 4 is 57.1 Å². The van der Waals surface area contributed by atoms with Gasteiger partial charge in [-0.3, -0.25) is 0 Å². The Morgan fingerprint density at radius 3 is 1.37 bits per heavy atom. The molecule has 8 heteroatoms. The quantitative estimate of drug-likeness (QED) is 0.191. The van der Waals surface area contributed by atoms with Crippen LogP contribution in [0.4, 0.5) is 0 Å². The summed E-state index contributed by atoms with van der Waals surface area (Å²) in [7, 11) is 0. The van der Waals surface area contributed by atoms with Crippen molar-refractivity contribution in [1.29, 1.82) is 0 Å².